The van der Waals surface area contributed by atoms with Crippen LogP contribution in [0.25, 0.3) is 0 Å². The molecule has 0 aliphatic rings. The van der Waals surface area contributed by atoms with Gasteiger partial charge in [-0.05, 0) is 22.9 Å². The molecule has 1 aromatic heterocycles. The van der Waals surface area contributed by atoms with Crippen LogP contribution >= 0.6 is 15.9 Å². The summed E-state index contributed by atoms with van der Waals surface area (Å²) in [4.78, 5) is 10.8. The van der Waals surface area contributed by atoms with Crippen LogP contribution < -0.4 is 5.32 Å². The second-order valence-electron chi connectivity index (χ2n) is 1.86. The molecule has 0 aliphatic carbocycles. The van der Waals surface area contributed by atoms with E-state index in [2.05, 4.69) is 35.7 Å². The zero-order chi connectivity index (χ0) is 8.97. The third-order valence-corrected chi connectivity index (χ3v) is 1.58. The standard InChI is InChI=1S/C6H7BrN2O3/c1-2-11-6(10)8-5-4(7)3-12-9-5/h3H,2H2,1H3,(H,8,9,10). The van der Waals surface area contributed by atoms with Crippen LogP contribution in [0.3, 0.4) is 0 Å². The van der Waals surface area contributed by atoms with Crippen molar-refractivity contribution in [2.75, 3.05) is 11.9 Å². The fraction of sp³-hybridized carbons (Fsp3) is 0.333. The van der Waals surface area contributed by atoms with Gasteiger partial charge in [-0.3, -0.25) is 5.32 Å². The van der Waals surface area contributed by atoms with Crippen LogP contribution in [-0.4, -0.2) is 17.9 Å². The van der Waals surface area contributed by atoms with Crippen LogP contribution in [0.1, 0.15) is 6.92 Å². The normalized spacial score (nSPS) is 9.50. The van der Waals surface area contributed by atoms with E-state index in [9.17, 15) is 4.79 Å². The minimum absolute atomic E-state index is 0.313. The second-order valence-corrected chi connectivity index (χ2v) is 2.71. The number of hydrogen-bond donors (Lipinski definition) is 1. The first-order chi connectivity index (χ1) is 5.74. The van der Waals surface area contributed by atoms with E-state index in [0.717, 1.165) is 0 Å². The van der Waals surface area contributed by atoms with Crippen LogP contribution in [-0.2, 0) is 4.74 Å². The molecule has 6 heteroatoms. The maximum absolute atomic E-state index is 10.8. The number of amides is 1. The number of halogens is 1. The van der Waals surface area contributed by atoms with Crippen LogP contribution in [0.4, 0.5) is 10.6 Å². The molecule has 0 saturated heterocycles. The Morgan fingerprint density at radius 1 is 1.92 bits per heavy atom. The fourth-order valence-electron chi connectivity index (χ4n) is 0.571. The fourth-order valence-corrected chi connectivity index (χ4v) is 0.826. The molecule has 0 saturated carbocycles. The van der Waals surface area contributed by atoms with Crippen LogP contribution in [0, 0.1) is 0 Å². The molecule has 1 heterocycles. The van der Waals surface area contributed by atoms with Crippen molar-refractivity contribution >= 4 is 27.8 Å². The van der Waals surface area contributed by atoms with E-state index in [1.807, 2.05) is 0 Å². The van der Waals surface area contributed by atoms with Gasteiger partial charge in [0.1, 0.15) is 10.7 Å². The number of aromatic nitrogens is 1. The lowest BCUT2D eigenvalue weighted by Gasteiger charge is -2.00. The maximum Gasteiger partial charge on any atom is 0.412 e. The maximum atomic E-state index is 10.8. The molecule has 0 aromatic carbocycles. The van der Waals surface area contributed by atoms with Crippen molar-refractivity contribution in [3.63, 3.8) is 0 Å². The van der Waals surface area contributed by atoms with Gasteiger partial charge < -0.3 is 9.26 Å². The monoisotopic (exact) mass is 234 g/mol. The number of hydrogen-bond acceptors (Lipinski definition) is 4. The van der Waals surface area contributed by atoms with Gasteiger partial charge in [0.15, 0.2) is 5.82 Å². The van der Waals surface area contributed by atoms with E-state index in [1.165, 1.54) is 6.26 Å². The van der Waals surface area contributed by atoms with Crippen molar-refractivity contribution in [3.8, 4) is 0 Å². The highest BCUT2D eigenvalue weighted by atomic mass is 79.9. The molecule has 1 N–H and O–H groups in total. The first kappa shape index (κ1) is 9.05. The average Bonchev–Trinajstić information content (AvgIpc) is 2.37. The Labute approximate surface area is 77.2 Å². The van der Waals surface area contributed by atoms with Gasteiger partial charge in [-0.25, -0.2) is 4.79 Å². The molecule has 66 valence electrons. The lowest BCUT2D eigenvalue weighted by atomic mass is 10.6. The minimum Gasteiger partial charge on any atom is -0.450 e. The molecule has 1 rings (SSSR count). The van der Waals surface area contributed by atoms with E-state index >= 15 is 0 Å². The molecular weight excluding hydrogens is 228 g/mol. The SMILES string of the molecule is CCOC(=O)Nc1nocc1Br. The van der Waals surface area contributed by atoms with Crippen LogP contribution in [0.5, 0.6) is 0 Å². The van der Waals surface area contributed by atoms with Crippen molar-refractivity contribution < 1.29 is 14.1 Å². The van der Waals surface area contributed by atoms with Crippen molar-refractivity contribution in [3.05, 3.63) is 10.7 Å². The largest absolute Gasteiger partial charge is 0.450 e. The summed E-state index contributed by atoms with van der Waals surface area (Å²) >= 11 is 3.12. The molecule has 0 fully saturated rings. The second kappa shape index (κ2) is 4.10. The molecule has 1 aromatic rings. The number of carbonyl (C=O) groups is 1. The lowest BCUT2D eigenvalue weighted by molar-refractivity contribution is 0.167. The summed E-state index contributed by atoms with van der Waals surface area (Å²) in [6.07, 6.45) is 0.814. The number of nitrogens with zero attached hydrogens (tertiary/aromatic N) is 1. The van der Waals surface area contributed by atoms with Crippen LogP contribution in [0.15, 0.2) is 15.3 Å². The van der Waals surface area contributed by atoms with Gasteiger partial charge in [-0.15, -0.1) is 0 Å². The first-order valence-corrected chi connectivity index (χ1v) is 4.07. The number of carbonyl (C=O) groups excluding carboxylic acids is 1. The van der Waals surface area contributed by atoms with Crippen molar-refractivity contribution in [1.82, 2.24) is 5.16 Å². The molecular formula is C6H7BrN2O3. The highest BCUT2D eigenvalue weighted by Crippen LogP contribution is 2.19. The third-order valence-electron chi connectivity index (χ3n) is 1.02. The van der Waals surface area contributed by atoms with Gasteiger partial charge in [0.2, 0.25) is 0 Å². The Hall–Kier alpha value is -1.04. The summed E-state index contributed by atoms with van der Waals surface area (Å²) in [5.41, 5.74) is 0. The van der Waals surface area contributed by atoms with Crippen molar-refractivity contribution in [2.24, 2.45) is 0 Å². The number of rotatable bonds is 2. The van der Waals surface area contributed by atoms with Crippen LogP contribution in [0.2, 0.25) is 0 Å². The Kier molecular flexibility index (Phi) is 3.09. The number of nitrogens with one attached hydrogen (secondary N) is 1. The zero-order valence-corrected chi connectivity index (χ0v) is 7.92. The van der Waals surface area contributed by atoms with Gasteiger partial charge >= 0.3 is 6.09 Å². The third kappa shape index (κ3) is 2.23. The molecule has 5 nitrogen and oxygen atoms in total. The highest BCUT2D eigenvalue weighted by molar-refractivity contribution is 9.10. The Morgan fingerprint density at radius 3 is 3.17 bits per heavy atom. The summed E-state index contributed by atoms with van der Waals surface area (Å²) < 4.78 is 9.75. The van der Waals surface area contributed by atoms with E-state index < -0.39 is 6.09 Å². The predicted octanol–water partition coefficient (Wildman–Crippen LogP) is 2.01. The number of ether oxygens (including phenoxy) is 1. The van der Waals surface area contributed by atoms with Gasteiger partial charge in [-0.2, -0.15) is 0 Å². The molecule has 12 heavy (non-hydrogen) atoms. The van der Waals surface area contributed by atoms with Gasteiger partial charge in [0.05, 0.1) is 6.61 Å². The summed E-state index contributed by atoms with van der Waals surface area (Å²) in [6, 6.07) is 0. The smallest absolute Gasteiger partial charge is 0.412 e. The molecule has 0 aliphatic heterocycles. The van der Waals surface area contributed by atoms with Crippen molar-refractivity contribution in [1.29, 1.82) is 0 Å². The molecule has 0 bridgehead atoms. The summed E-state index contributed by atoms with van der Waals surface area (Å²) in [6.45, 7) is 2.04. The lowest BCUT2D eigenvalue weighted by Crippen LogP contribution is -2.13. The van der Waals surface area contributed by atoms with Gasteiger partial charge in [0.25, 0.3) is 0 Å². The zero-order valence-electron chi connectivity index (χ0n) is 6.33. The Bertz CT molecular complexity index is 274. The summed E-state index contributed by atoms with van der Waals surface area (Å²) in [5, 5.41) is 5.88. The molecule has 0 radical (unpaired) electrons. The molecule has 0 spiro atoms. The van der Waals surface area contributed by atoms with Gasteiger partial charge in [0, 0.05) is 0 Å². The van der Waals surface area contributed by atoms with Crippen molar-refractivity contribution in [2.45, 2.75) is 6.92 Å². The van der Waals surface area contributed by atoms with E-state index in [1.54, 1.807) is 6.92 Å². The number of anilines is 1. The minimum atomic E-state index is -0.549. The topological polar surface area (TPSA) is 64.4 Å². The highest BCUT2D eigenvalue weighted by Gasteiger charge is 2.08. The first-order valence-electron chi connectivity index (χ1n) is 3.27. The van der Waals surface area contributed by atoms with E-state index in [-0.39, 0.29) is 0 Å². The quantitative estimate of drug-likeness (QED) is 0.851. The van der Waals surface area contributed by atoms with E-state index in [4.69, 9.17) is 0 Å². The predicted molar refractivity (Wildman–Crippen MR) is 44.8 cm³/mol. The molecule has 1 amide bonds. The molecule has 0 atom stereocenters. The summed E-state index contributed by atoms with van der Waals surface area (Å²) in [7, 11) is 0. The molecule has 0 unspecified atom stereocenters. The Balaban J connectivity index is 2.52. The summed E-state index contributed by atoms with van der Waals surface area (Å²) in [5.74, 6) is 0.313. The van der Waals surface area contributed by atoms with Gasteiger partial charge in [-0.1, -0.05) is 5.16 Å². The average molecular weight is 235 g/mol. The van der Waals surface area contributed by atoms with E-state index in [0.29, 0.717) is 16.9 Å². The Morgan fingerprint density at radius 2 is 2.67 bits per heavy atom.